The summed E-state index contributed by atoms with van der Waals surface area (Å²) in [5.74, 6) is 0.849. The molecule has 3 nitrogen and oxygen atoms in total. The molecule has 112 valence electrons. The molecule has 3 heteroatoms. The van der Waals surface area contributed by atoms with Crippen molar-refractivity contribution in [3.63, 3.8) is 0 Å². The number of aliphatic hydroxyl groups excluding tert-OH is 1. The molecule has 20 heavy (non-hydrogen) atoms. The van der Waals surface area contributed by atoms with Crippen molar-refractivity contribution in [3.8, 4) is 0 Å². The first-order valence-electron chi connectivity index (χ1n) is 7.74. The van der Waals surface area contributed by atoms with Gasteiger partial charge in [-0.2, -0.15) is 0 Å². The number of benzene rings is 1. The molecular weight excluding hydrogens is 250 g/mol. The maximum Gasteiger partial charge on any atom is 0.0808 e. The topological polar surface area (TPSA) is 55.5 Å². The summed E-state index contributed by atoms with van der Waals surface area (Å²) in [6.07, 6.45) is 5.89. The summed E-state index contributed by atoms with van der Waals surface area (Å²) in [6.45, 7) is 3.58. The first kappa shape index (κ1) is 15.5. The van der Waals surface area contributed by atoms with Crippen molar-refractivity contribution in [1.82, 2.24) is 0 Å². The van der Waals surface area contributed by atoms with E-state index >= 15 is 0 Å². The fourth-order valence-corrected chi connectivity index (χ4v) is 3.00. The van der Waals surface area contributed by atoms with Gasteiger partial charge in [0, 0.05) is 6.54 Å². The van der Waals surface area contributed by atoms with E-state index < -0.39 is 0 Å². The molecule has 0 saturated heterocycles. The Kier molecular flexibility index (Phi) is 5.58. The summed E-state index contributed by atoms with van der Waals surface area (Å²) in [5, 5.41) is 9.04. The van der Waals surface area contributed by atoms with Gasteiger partial charge in [0.15, 0.2) is 0 Å². The lowest BCUT2D eigenvalue weighted by atomic mass is 9.77. The lowest BCUT2D eigenvalue weighted by molar-refractivity contribution is -0.0813. The molecule has 0 bridgehead atoms. The van der Waals surface area contributed by atoms with Crippen LogP contribution in [0.3, 0.4) is 0 Å². The highest BCUT2D eigenvalue weighted by Gasteiger charge is 2.34. The number of ether oxygens (including phenoxy) is 1. The zero-order chi connectivity index (χ0) is 14.4. The third-order valence-electron chi connectivity index (χ3n) is 4.72. The second kappa shape index (κ2) is 7.21. The van der Waals surface area contributed by atoms with E-state index in [9.17, 15) is 0 Å². The molecule has 0 atom stereocenters. The number of aliphatic hydroxyl groups is 1. The van der Waals surface area contributed by atoms with E-state index in [1.54, 1.807) is 0 Å². The largest absolute Gasteiger partial charge is 0.392 e. The molecule has 0 unspecified atom stereocenters. The summed E-state index contributed by atoms with van der Waals surface area (Å²) < 4.78 is 6.18. The Morgan fingerprint density at radius 1 is 1.20 bits per heavy atom. The van der Waals surface area contributed by atoms with Crippen molar-refractivity contribution in [2.24, 2.45) is 11.7 Å². The Hall–Kier alpha value is -0.900. The predicted molar refractivity (Wildman–Crippen MR) is 81.2 cm³/mol. The highest BCUT2D eigenvalue weighted by Crippen LogP contribution is 2.36. The monoisotopic (exact) mass is 277 g/mol. The lowest BCUT2D eigenvalue weighted by Crippen LogP contribution is -2.43. The van der Waals surface area contributed by atoms with Crippen LogP contribution in [0.15, 0.2) is 24.3 Å². The molecule has 1 aromatic rings. The van der Waals surface area contributed by atoms with Gasteiger partial charge < -0.3 is 15.6 Å². The van der Waals surface area contributed by atoms with E-state index in [4.69, 9.17) is 15.6 Å². The highest BCUT2D eigenvalue weighted by atomic mass is 16.5. The van der Waals surface area contributed by atoms with E-state index in [1.165, 1.54) is 19.3 Å². The maximum atomic E-state index is 9.04. The van der Waals surface area contributed by atoms with Gasteiger partial charge in [0.25, 0.3) is 0 Å². The molecule has 2 rings (SSSR count). The van der Waals surface area contributed by atoms with Crippen molar-refractivity contribution >= 4 is 0 Å². The van der Waals surface area contributed by atoms with Crippen LogP contribution in [0.5, 0.6) is 0 Å². The summed E-state index contributed by atoms with van der Waals surface area (Å²) >= 11 is 0. The van der Waals surface area contributed by atoms with Gasteiger partial charge in [-0.05, 0) is 42.7 Å². The second-order valence-corrected chi connectivity index (χ2v) is 6.00. The minimum atomic E-state index is -0.124. The number of nitrogens with two attached hydrogens (primary N) is 1. The van der Waals surface area contributed by atoms with Crippen LogP contribution in [-0.2, 0) is 18.0 Å². The molecule has 0 amide bonds. The Balaban J connectivity index is 1.90. The lowest BCUT2D eigenvalue weighted by Gasteiger charge is -2.39. The Morgan fingerprint density at radius 3 is 2.30 bits per heavy atom. The molecule has 1 aliphatic carbocycles. The van der Waals surface area contributed by atoms with Crippen molar-refractivity contribution in [3.05, 3.63) is 35.4 Å². The fraction of sp³-hybridized carbons (Fsp3) is 0.647. The predicted octanol–water partition coefficient (Wildman–Crippen LogP) is 2.99. The standard InChI is InChI=1S/C17H27NO2/c1-2-14-7-9-17(13-18,10-8-14)20-12-16-5-3-15(11-19)4-6-16/h3-6,14,19H,2,7-13,18H2,1H3. The molecule has 0 heterocycles. The van der Waals surface area contributed by atoms with Crippen LogP contribution in [0.1, 0.15) is 50.2 Å². The molecule has 0 aromatic heterocycles. The van der Waals surface area contributed by atoms with Gasteiger partial charge in [0.2, 0.25) is 0 Å². The first-order valence-corrected chi connectivity index (χ1v) is 7.74. The van der Waals surface area contributed by atoms with Gasteiger partial charge >= 0.3 is 0 Å². The average molecular weight is 277 g/mol. The van der Waals surface area contributed by atoms with E-state index in [0.29, 0.717) is 13.2 Å². The first-order chi connectivity index (χ1) is 9.71. The zero-order valence-electron chi connectivity index (χ0n) is 12.5. The highest BCUT2D eigenvalue weighted by molar-refractivity contribution is 5.21. The summed E-state index contributed by atoms with van der Waals surface area (Å²) in [7, 11) is 0. The molecule has 1 saturated carbocycles. The number of hydrogen-bond donors (Lipinski definition) is 2. The summed E-state index contributed by atoms with van der Waals surface area (Å²) in [4.78, 5) is 0. The van der Waals surface area contributed by atoms with Gasteiger partial charge in [-0.1, -0.05) is 37.6 Å². The fourth-order valence-electron chi connectivity index (χ4n) is 3.00. The SMILES string of the molecule is CCC1CCC(CN)(OCc2ccc(CO)cc2)CC1. The van der Waals surface area contributed by atoms with Crippen LogP contribution < -0.4 is 5.73 Å². The maximum absolute atomic E-state index is 9.04. The normalized spacial score (nSPS) is 26.6. The van der Waals surface area contributed by atoms with Gasteiger partial charge in [-0.25, -0.2) is 0 Å². The summed E-state index contributed by atoms with van der Waals surface area (Å²) in [5.41, 5.74) is 7.94. The molecule has 0 radical (unpaired) electrons. The second-order valence-electron chi connectivity index (χ2n) is 6.00. The number of hydrogen-bond acceptors (Lipinski definition) is 3. The van der Waals surface area contributed by atoms with Crippen LogP contribution in [0.2, 0.25) is 0 Å². The average Bonchev–Trinajstić information content (AvgIpc) is 2.54. The Morgan fingerprint density at radius 2 is 1.80 bits per heavy atom. The third kappa shape index (κ3) is 3.81. The molecule has 0 aliphatic heterocycles. The number of rotatable bonds is 6. The van der Waals surface area contributed by atoms with Gasteiger partial charge in [0.05, 0.1) is 18.8 Å². The molecule has 0 spiro atoms. The van der Waals surface area contributed by atoms with Crippen LogP contribution in [-0.4, -0.2) is 17.3 Å². The van der Waals surface area contributed by atoms with Gasteiger partial charge in [0.1, 0.15) is 0 Å². The van der Waals surface area contributed by atoms with E-state index in [0.717, 1.165) is 29.9 Å². The van der Waals surface area contributed by atoms with Gasteiger partial charge in [-0.15, -0.1) is 0 Å². The minimum Gasteiger partial charge on any atom is -0.392 e. The zero-order valence-corrected chi connectivity index (χ0v) is 12.5. The van der Waals surface area contributed by atoms with E-state index in [-0.39, 0.29) is 12.2 Å². The summed E-state index contributed by atoms with van der Waals surface area (Å²) in [6, 6.07) is 7.94. The molecular formula is C17H27NO2. The molecule has 1 aromatic carbocycles. The van der Waals surface area contributed by atoms with Crippen molar-refractivity contribution in [2.75, 3.05) is 6.54 Å². The quantitative estimate of drug-likeness (QED) is 0.840. The molecule has 1 fully saturated rings. The van der Waals surface area contributed by atoms with Crippen molar-refractivity contribution in [1.29, 1.82) is 0 Å². The van der Waals surface area contributed by atoms with Crippen molar-refractivity contribution in [2.45, 2.75) is 57.8 Å². The minimum absolute atomic E-state index is 0.0896. The van der Waals surface area contributed by atoms with Crippen LogP contribution >= 0.6 is 0 Å². The van der Waals surface area contributed by atoms with Crippen LogP contribution in [0.4, 0.5) is 0 Å². The van der Waals surface area contributed by atoms with Crippen molar-refractivity contribution < 1.29 is 9.84 Å². The molecule has 1 aliphatic rings. The third-order valence-corrected chi connectivity index (χ3v) is 4.72. The van der Waals surface area contributed by atoms with Crippen LogP contribution in [0.25, 0.3) is 0 Å². The Labute approximate surface area is 122 Å². The smallest absolute Gasteiger partial charge is 0.0808 e. The van der Waals surface area contributed by atoms with Crippen LogP contribution in [0, 0.1) is 5.92 Å². The molecule has 3 N–H and O–H groups in total. The van der Waals surface area contributed by atoms with Gasteiger partial charge in [-0.3, -0.25) is 0 Å². The Bertz CT molecular complexity index is 394. The van der Waals surface area contributed by atoms with E-state index in [1.807, 2.05) is 24.3 Å². The van der Waals surface area contributed by atoms with E-state index in [2.05, 4.69) is 6.92 Å².